The molecule has 4 nitrogen and oxygen atoms in total. The van der Waals surface area contributed by atoms with Crippen molar-refractivity contribution >= 4 is 5.91 Å². The van der Waals surface area contributed by atoms with Gasteiger partial charge in [-0.15, -0.1) is 0 Å². The molecule has 0 bridgehead atoms. The van der Waals surface area contributed by atoms with Crippen LogP contribution in [0.2, 0.25) is 0 Å². The first-order valence-corrected chi connectivity index (χ1v) is 6.53. The molecule has 1 aromatic carbocycles. The normalized spacial score (nSPS) is 23.7. The summed E-state index contributed by atoms with van der Waals surface area (Å²) in [7, 11) is 0. The Labute approximate surface area is 112 Å². The van der Waals surface area contributed by atoms with Crippen molar-refractivity contribution in [2.45, 2.75) is 25.9 Å². The molecule has 2 unspecified atom stereocenters. The molecule has 0 radical (unpaired) electrons. The molecular formula is C14H20FN3O. The van der Waals surface area contributed by atoms with Crippen LogP contribution in [0.25, 0.3) is 0 Å². The van der Waals surface area contributed by atoms with Gasteiger partial charge in [-0.2, -0.15) is 0 Å². The molecule has 5 heteroatoms. The Kier molecular flexibility index (Phi) is 4.17. The second-order valence-corrected chi connectivity index (χ2v) is 5.29. The predicted octanol–water partition coefficient (Wildman–Crippen LogP) is 1.09. The van der Waals surface area contributed by atoms with Gasteiger partial charge in [0, 0.05) is 30.3 Å². The number of likely N-dealkylation sites (tertiary alicyclic amines) is 1. The van der Waals surface area contributed by atoms with Crippen molar-refractivity contribution in [1.82, 2.24) is 4.90 Å². The van der Waals surface area contributed by atoms with E-state index in [1.54, 1.807) is 12.1 Å². The first kappa shape index (κ1) is 14.0. The first-order valence-electron chi connectivity index (χ1n) is 6.53. The van der Waals surface area contributed by atoms with Gasteiger partial charge in [0.25, 0.3) is 0 Å². The molecule has 104 valence electrons. The number of carbonyl (C=O) groups is 1. The number of primary amides is 1. The fourth-order valence-electron chi connectivity index (χ4n) is 2.66. The largest absolute Gasteiger partial charge is 0.366 e. The van der Waals surface area contributed by atoms with E-state index in [2.05, 4.69) is 11.8 Å². The maximum atomic E-state index is 13.9. The minimum Gasteiger partial charge on any atom is -0.366 e. The van der Waals surface area contributed by atoms with E-state index in [4.69, 9.17) is 11.5 Å². The predicted molar refractivity (Wildman–Crippen MR) is 72.0 cm³/mol. The Morgan fingerprint density at radius 3 is 2.79 bits per heavy atom. The standard InChI is InChI=1S/C14H20FN3O/c1-9-4-10(6-16)7-18(9)8-12-3-2-11(14(17)19)5-13(12)15/h2-3,5,9-10H,4,6-8,16H2,1H3,(H2,17,19). The number of nitrogens with zero attached hydrogens (tertiary/aromatic N) is 1. The number of hydrogen-bond donors (Lipinski definition) is 2. The van der Waals surface area contributed by atoms with Crippen LogP contribution in [0, 0.1) is 11.7 Å². The number of carbonyl (C=O) groups excluding carboxylic acids is 1. The molecule has 0 saturated carbocycles. The van der Waals surface area contributed by atoms with Crippen molar-refractivity contribution in [1.29, 1.82) is 0 Å². The molecule has 19 heavy (non-hydrogen) atoms. The van der Waals surface area contributed by atoms with Crippen LogP contribution in [0.3, 0.4) is 0 Å². The summed E-state index contributed by atoms with van der Waals surface area (Å²) >= 11 is 0. The van der Waals surface area contributed by atoms with Gasteiger partial charge in [0.2, 0.25) is 5.91 Å². The van der Waals surface area contributed by atoms with Crippen LogP contribution in [0.4, 0.5) is 4.39 Å². The topological polar surface area (TPSA) is 72.3 Å². The molecule has 1 aromatic rings. The highest BCUT2D eigenvalue weighted by Crippen LogP contribution is 2.25. The summed E-state index contributed by atoms with van der Waals surface area (Å²) in [6.45, 7) is 4.24. The van der Waals surface area contributed by atoms with Gasteiger partial charge in [0.15, 0.2) is 0 Å². The summed E-state index contributed by atoms with van der Waals surface area (Å²) in [5, 5.41) is 0. The molecule has 1 fully saturated rings. The van der Waals surface area contributed by atoms with Crippen LogP contribution >= 0.6 is 0 Å². The molecule has 1 aliphatic heterocycles. The third-order valence-corrected chi connectivity index (χ3v) is 3.83. The zero-order chi connectivity index (χ0) is 14.0. The smallest absolute Gasteiger partial charge is 0.248 e. The van der Waals surface area contributed by atoms with Crippen LogP contribution in [-0.4, -0.2) is 29.9 Å². The van der Waals surface area contributed by atoms with E-state index in [1.165, 1.54) is 6.07 Å². The second-order valence-electron chi connectivity index (χ2n) is 5.29. The molecule has 1 amide bonds. The Hall–Kier alpha value is -1.46. The minimum atomic E-state index is -0.608. The van der Waals surface area contributed by atoms with Crippen molar-refractivity contribution in [2.75, 3.05) is 13.1 Å². The van der Waals surface area contributed by atoms with Crippen LogP contribution in [0.1, 0.15) is 29.3 Å². The number of halogens is 1. The Morgan fingerprint density at radius 2 is 2.26 bits per heavy atom. The Balaban J connectivity index is 2.09. The lowest BCUT2D eigenvalue weighted by molar-refractivity contribution is 0.1000. The third kappa shape index (κ3) is 3.11. The van der Waals surface area contributed by atoms with Gasteiger partial charge in [0.05, 0.1) is 0 Å². The summed E-state index contributed by atoms with van der Waals surface area (Å²) in [5.74, 6) is -0.495. The summed E-state index contributed by atoms with van der Waals surface area (Å²) in [4.78, 5) is 13.2. The van der Waals surface area contributed by atoms with Crippen LogP contribution in [-0.2, 0) is 6.54 Å². The summed E-state index contributed by atoms with van der Waals surface area (Å²) < 4.78 is 13.9. The van der Waals surface area contributed by atoms with Crippen LogP contribution in [0.15, 0.2) is 18.2 Å². The van der Waals surface area contributed by atoms with Gasteiger partial charge >= 0.3 is 0 Å². The summed E-state index contributed by atoms with van der Waals surface area (Å²) in [6, 6.07) is 4.82. The van der Waals surface area contributed by atoms with Gasteiger partial charge in [-0.3, -0.25) is 9.69 Å². The number of hydrogen-bond acceptors (Lipinski definition) is 3. The molecule has 0 aliphatic carbocycles. The average molecular weight is 265 g/mol. The molecular weight excluding hydrogens is 245 g/mol. The molecule has 1 saturated heterocycles. The molecule has 0 aromatic heterocycles. The lowest BCUT2D eigenvalue weighted by atomic mass is 10.1. The van der Waals surface area contributed by atoms with E-state index < -0.39 is 5.91 Å². The van der Waals surface area contributed by atoms with Crippen molar-refractivity contribution in [2.24, 2.45) is 17.4 Å². The van der Waals surface area contributed by atoms with Crippen molar-refractivity contribution in [3.8, 4) is 0 Å². The van der Waals surface area contributed by atoms with E-state index in [0.29, 0.717) is 30.6 Å². The van der Waals surface area contributed by atoms with Gasteiger partial charge < -0.3 is 11.5 Å². The minimum absolute atomic E-state index is 0.204. The zero-order valence-corrected chi connectivity index (χ0v) is 11.1. The number of rotatable bonds is 4. The molecule has 1 heterocycles. The molecule has 4 N–H and O–H groups in total. The first-order chi connectivity index (χ1) is 9.01. The SMILES string of the molecule is CC1CC(CN)CN1Cc1ccc(C(N)=O)cc1F. The van der Waals surface area contributed by atoms with E-state index in [9.17, 15) is 9.18 Å². The van der Waals surface area contributed by atoms with E-state index in [-0.39, 0.29) is 11.4 Å². The molecule has 0 spiro atoms. The molecule has 2 rings (SSSR count). The average Bonchev–Trinajstić information content (AvgIpc) is 2.72. The highest BCUT2D eigenvalue weighted by atomic mass is 19.1. The van der Waals surface area contributed by atoms with Crippen molar-refractivity contribution in [3.05, 3.63) is 35.1 Å². The number of benzene rings is 1. The lowest BCUT2D eigenvalue weighted by Gasteiger charge is -2.21. The highest BCUT2D eigenvalue weighted by molar-refractivity contribution is 5.92. The highest BCUT2D eigenvalue weighted by Gasteiger charge is 2.28. The molecule has 2 atom stereocenters. The quantitative estimate of drug-likeness (QED) is 0.856. The van der Waals surface area contributed by atoms with E-state index >= 15 is 0 Å². The second kappa shape index (κ2) is 5.67. The molecule has 1 aliphatic rings. The summed E-state index contributed by atoms with van der Waals surface area (Å²) in [5.41, 5.74) is 11.6. The van der Waals surface area contributed by atoms with Gasteiger partial charge in [-0.05, 0) is 37.9 Å². The van der Waals surface area contributed by atoms with Gasteiger partial charge in [0.1, 0.15) is 5.82 Å². The summed E-state index contributed by atoms with van der Waals surface area (Å²) in [6.07, 6.45) is 1.05. The Bertz CT molecular complexity index is 478. The Morgan fingerprint density at radius 1 is 1.53 bits per heavy atom. The lowest BCUT2D eigenvalue weighted by Crippen LogP contribution is -2.27. The fraction of sp³-hybridized carbons (Fsp3) is 0.500. The zero-order valence-electron chi connectivity index (χ0n) is 11.1. The van der Waals surface area contributed by atoms with Gasteiger partial charge in [-0.25, -0.2) is 4.39 Å². The van der Waals surface area contributed by atoms with Crippen LogP contribution in [0.5, 0.6) is 0 Å². The monoisotopic (exact) mass is 265 g/mol. The number of amides is 1. The van der Waals surface area contributed by atoms with Crippen molar-refractivity contribution in [3.63, 3.8) is 0 Å². The number of nitrogens with two attached hydrogens (primary N) is 2. The van der Waals surface area contributed by atoms with E-state index in [0.717, 1.165) is 13.0 Å². The fourth-order valence-corrected chi connectivity index (χ4v) is 2.66. The van der Waals surface area contributed by atoms with Crippen molar-refractivity contribution < 1.29 is 9.18 Å². The third-order valence-electron chi connectivity index (χ3n) is 3.83. The maximum absolute atomic E-state index is 13.9. The van der Waals surface area contributed by atoms with Gasteiger partial charge in [-0.1, -0.05) is 6.07 Å². The van der Waals surface area contributed by atoms with Crippen LogP contribution < -0.4 is 11.5 Å². The van der Waals surface area contributed by atoms with E-state index in [1.807, 2.05) is 0 Å². The maximum Gasteiger partial charge on any atom is 0.248 e.